The van der Waals surface area contributed by atoms with Gasteiger partial charge in [0.1, 0.15) is 5.60 Å². The van der Waals surface area contributed by atoms with Crippen LogP contribution in [0.3, 0.4) is 0 Å². The molecule has 2 aliphatic heterocycles. The lowest BCUT2D eigenvalue weighted by atomic mass is 9.87. The van der Waals surface area contributed by atoms with Gasteiger partial charge in [0.2, 0.25) is 0 Å². The van der Waals surface area contributed by atoms with Gasteiger partial charge in [0.05, 0.1) is 0 Å². The van der Waals surface area contributed by atoms with Crippen LogP contribution in [0.5, 0.6) is 0 Å². The largest absolute Gasteiger partial charge is 0.444 e. The van der Waals surface area contributed by atoms with E-state index in [9.17, 15) is 4.79 Å². The summed E-state index contributed by atoms with van der Waals surface area (Å²) >= 11 is 2.03. The van der Waals surface area contributed by atoms with Crippen LogP contribution in [0, 0.1) is 5.41 Å². The summed E-state index contributed by atoms with van der Waals surface area (Å²) in [5.74, 6) is 2.44. The third kappa shape index (κ3) is 4.55. The first-order chi connectivity index (χ1) is 9.15. The van der Waals surface area contributed by atoms with Gasteiger partial charge in [-0.1, -0.05) is 13.8 Å². The van der Waals surface area contributed by atoms with E-state index in [1.807, 2.05) is 32.5 Å². The number of hydrogen-bond acceptors (Lipinski definition) is 4. The van der Waals surface area contributed by atoms with Crippen molar-refractivity contribution in [2.24, 2.45) is 5.41 Å². The van der Waals surface area contributed by atoms with Crippen LogP contribution in [0.25, 0.3) is 0 Å². The number of carbonyl (C=O) groups is 1. The lowest BCUT2D eigenvalue weighted by Crippen LogP contribution is -2.63. The second-order valence-electron chi connectivity index (χ2n) is 7.83. The Bertz CT molecular complexity index is 359. The van der Waals surface area contributed by atoms with Gasteiger partial charge in [-0.05, 0) is 38.4 Å². The number of carbonyl (C=O) groups excluding carboxylic acids is 1. The molecule has 4 nitrogen and oxygen atoms in total. The van der Waals surface area contributed by atoms with Crippen molar-refractivity contribution in [3.05, 3.63) is 0 Å². The van der Waals surface area contributed by atoms with Crippen LogP contribution in [0.2, 0.25) is 0 Å². The second-order valence-corrected chi connectivity index (χ2v) is 8.86. The Balaban J connectivity index is 1.70. The molecule has 0 aliphatic carbocycles. The Labute approximate surface area is 127 Å². The van der Waals surface area contributed by atoms with Crippen LogP contribution in [-0.4, -0.2) is 53.3 Å². The number of hydrogen-bond donors (Lipinski definition) is 1. The molecule has 1 atom stereocenters. The lowest BCUT2D eigenvalue weighted by Gasteiger charge is -2.44. The van der Waals surface area contributed by atoms with Crippen LogP contribution in [0.15, 0.2) is 0 Å². The molecular weight excluding hydrogens is 272 g/mol. The number of rotatable bonds is 2. The zero-order valence-corrected chi connectivity index (χ0v) is 14.2. The fourth-order valence-corrected chi connectivity index (χ4v) is 4.05. The Kier molecular flexibility index (Phi) is 4.59. The van der Waals surface area contributed by atoms with Gasteiger partial charge in [-0.2, -0.15) is 11.8 Å². The predicted molar refractivity (Wildman–Crippen MR) is 84.2 cm³/mol. The minimum atomic E-state index is -0.403. The van der Waals surface area contributed by atoms with E-state index in [2.05, 4.69) is 19.2 Å². The highest BCUT2D eigenvalue weighted by atomic mass is 32.2. The van der Waals surface area contributed by atoms with Gasteiger partial charge in [0.25, 0.3) is 0 Å². The Morgan fingerprint density at radius 2 is 1.95 bits per heavy atom. The summed E-state index contributed by atoms with van der Waals surface area (Å²) in [5.41, 5.74) is 0.0226. The quantitative estimate of drug-likeness (QED) is 0.851. The normalized spacial score (nSPS) is 27.1. The summed E-state index contributed by atoms with van der Waals surface area (Å²) < 4.78 is 5.37. The summed E-state index contributed by atoms with van der Waals surface area (Å²) in [6, 6.07) is 1.01. The first kappa shape index (κ1) is 16.0. The van der Waals surface area contributed by atoms with E-state index in [1.165, 1.54) is 17.9 Å². The predicted octanol–water partition coefficient (Wildman–Crippen LogP) is 2.73. The number of nitrogens with zero attached hydrogens (tertiary/aromatic N) is 1. The molecule has 5 heteroatoms. The molecule has 0 bridgehead atoms. The van der Waals surface area contributed by atoms with Crippen molar-refractivity contribution in [2.75, 3.05) is 24.6 Å². The van der Waals surface area contributed by atoms with Crippen molar-refractivity contribution in [3.8, 4) is 0 Å². The van der Waals surface area contributed by atoms with E-state index in [0.29, 0.717) is 17.5 Å². The van der Waals surface area contributed by atoms with E-state index < -0.39 is 5.60 Å². The zero-order valence-electron chi connectivity index (χ0n) is 13.4. The van der Waals surface area contributed by atoms with E-state index in [-0.39, 0.29) is 6.09 Å². The van der Waals surface area contributed by atoms with Gasteiger partial charge in [-0.15, -0.1) is 0 Å². The van der Waals surface area contributed by atoms with Gasteiger partial charge in [0.15, 0.2) is 0 Å². The molecule has 116 valence electrons. The molecule has 2 fully saturated rings. The van der Waals surface area contributed by atoms with Crippen molar-refractivity contribution in [1.29, 1.82) is 0 Å². The maximum atomic E-state index is 11.9. The fraction of sp³-hybridized carbons (Fsp3) is 0.933. The molecule has 1 unspecified atom stereocenters. The molecule has 2 rings (SSSR count). The van der Waals surface area contributed by atoms with E-state index in [0.717, 1.165) is 13.1 Å². The first-order valence-corrected chi connectivity index (χ1v) is 8.62. The summed E-state index contributed by atoms with van der Waals surface area (Å²) in [4.78, 5) is 13.6. The van der Waals surface area contributed by atoms with Gasteiger partial charge in [-0.25, -0.2) is 4.79 Å². The van der Waals surface area contributed by atoms with Crippen LogP contribution in [0.1, 0.15) is 41.0 Å². The third-order valence-electron chi connectivity index (χ3n) is 3.62. The maximum Gasteiger partial charge on any atom is 0.410 e. The molecular formula is C15H28N2O2S. The summed E-state index contributed by atoms with van der Waals surface area (Å²) in [6.45, 7) is 11.9. The minimum Gasteiger partial charge on any atom is -0.444 e. The number of nitrogens with one attached hydrogen (secondary N) is 1. The highest BCUT2D eigenvalue weighted by Crippen LogP contribution is 2.33. The molecule has 2 saturated heterocycles. The Hall–Kier alpha value is -0.420. The molecule has 0 aromatic carbocycles. The number of ether oxygens (including phenoxy) is 1. The van der Waals surface area contributed by atoms with Gasteiger partial charge in [0, 0.05) is 30.9 Å². The van der Waals surface area contributed by atoms with E-state index >= 15 is 0 Å². The first-order valence-electron chi connectivity index (χ1n) is 7.46. The average molecular weight is 300 g/mol. The van der Waals surface area contributed by atoms with Crippen LogP contribution < -0.4 is 5.32 Å². The third-order valence-corrected chi connectivity index (χ3v) is 5.24. The lowest BCUT2D eigenvalue weighted by molar-refractivity contribution is 0.00386. The summed E-state index contributed by atoms with van der Waals surface area (Å²) in [5, 5.41) is 3.69. The molecule has 0 saturated carbocycles. The zero-order chi connectivity index (χ0) is 15.0. The molecule has 2 heterocycles. The second kappa shape index (κ2) is 5.76. The van der Waals surface area contributed by atoms with Gasteiger partial charge < -0.3 is 15.0 Å². The average Bonchev–Trinajstić information content (AvgIpc) is 2.18. The molecule has 0 aromatic rings. The monoisotopic (exact) mass is 300 g/mol. The topological polar surface area (TPSA) is 41.6 Å². The minimum absolute atomic E-state index is 0.186. The van der Waals surface area contributed by atoms with Crippen molar-refractivity contribution >= 4 is 17.9 Å². The molecule has 0 radical (unpaired) electrons. The summed E-state index contributed by atoms with van der Waals surface area (Å²) in [7, 11) is 0. The number of amides is 1. The van der Waals surface area contributed by atoms with E-state index in [1.54, 1.807) is 4.90 Å². The van der Waals surface area contributed by atoms with Gasteiger partial charge >= 0.3 is 6.09 Å². The molecule has 1 N–H and O–H groups in total. The van der Waals surface area contributed by atoms with Crippen molar-refractivity contribution in [3.63, 3.8) is 0 Å². The van der Waals surface area contributed by atoms with Crippen molar-refractivity contribution < 1.29 is 9.53 Å². The highest BCUT2D eigenvalue weighted by Gasteiger charge is 2.36. The fourth-order valence-electron chi connectivity index (χ4n) is 2.76. The number of thioether (sulfide) groups is 1. The molecule has 1 amide bonds. The van der Waals surface area contributed by atoms with E-state index in [4.69, 9.17) is 4.74 Å². The maximum absolute atomic E-state index is 11.9. The highest BCUT2D eigenvalue weighted by molar-refractivity contribution is 7.99. The van der Waals surface area contributed by atoms with Gasteiger partial charge in [-0.3, -0.25) is 0 Å². The standard InChI is InChI=1S/C15H28N2O2S/c1-14(2,3)19-13(18)17-7-12(8-17)16-11-6-15(4,5)10-20-9-11/h11-12,16H,6-10H2,1-5H3. The molecule has 20 heavy (non-hydrogen) atoms. The number of likely N-dealkylation sites (tertiary alicyclic amines) is 1. The SMILES string of the molecule is CC1(C)CSCC(NC2CN(C(=O)OC(C)(C)C)C2)C1. The summed E-state index contributed by atoms with van der Waals surface area (Å²) in [6.07, 6.45) is 1.04. The smallest absolute Gasteiger partial charge is 0.410 e. The Morgan fingerprint density at radius 3 is 2.50 bits per heavy atom. The van der Waals surface area contributed by atoms with Crippen LogP contribution in [-0.2, 0) is 4.74 Å². The molecule has 2 aliphatic rings. The molecule has 0 spiro atoms. The van der Waals surface area contributed by atoms with Crippen LogP contribution in [0.4, 0.5) is 4.79 Å². The Morgan fingerprint density at radius 1 is 1.30 bits per heavy atom. The van der Waals surface area contributed by atoms with Crippen molar-refractivity contribution in [2.45, 2.75) is 58.7 Å². The molecule has 0 aromatic heterocycles. The van der Waals surface area contributed by atoms with Crippen molar-refractivity contribution in [1.82, 2.24) is 10.2 Å². The van der Waals surface area contributed by atoms with Crippen LogP contribution >= 0.6 is 11.8 Å².